The topological polar surface area (TPSA) is 84.5 Å². The van der Waals surface area contributed by atoms with Crippen LogP contribution in [0.2, 0.25) is 0 Å². The highest BCUT2D eigenvalue weighted by Crippen LogP contribution is 2.28. The van der Waals surface area contributed by atoms with E-state index in [0.29, 0.717) is 12.3 Å². The first-order valence-electron chi connectivity index (χ1n) is 11.2. The molecule has 1 aliphatic rings. The molecule has 1 fully saturated rings. The summed E-state index contributed by atoms with van der Waals surface area (Å²) in [5.74, 6) is 0.850. The SMILES string of the molecule is CCOc1ccc(/C=C/c2ccc(NC(=O)O[C@@H]3O[C@@H](C)C(OC)[C@@H](OC)[C@H]3OC)cc2)cc1. The van der Waals surface area contributed by atoms with Gasteiger partial charge in [-0.3, -0.25) is 5.32 Å². The van der Waals surface area contributed by atoms with Gasteiger partial charge in [0.1, 0.15) is 24.1 Å². The Kier molecular flexibility index (Phi) is 9.47. The summed E-state index contributed by atoms with van der Waals surface area (Å²) in [5.41, 5.74) is 2.65. The summed E-state index contributed by atoms with van der Waals surface area (Å²) in [7, 11) is 4.65. The van der Waals surface area contributed by atoms with Gasteiger partial charge in [-0.2, -0.15) is 0 Å². The highest BCUT2D eigenvalue weighted by molar-refractivity contribution is 5.85. The lowest BCUT2D eigenvalue weighted by Crippen LogP contribution is -2.59. The molecule has 2 aromatic carbocycles. The molecule has 0 aliphatic carbocycles. The molecule has 0 aromatic heterocycles. The fourth-order valence-corrected chi connectivity index (χ4v) is 3.87. The summed E-state index contributed by atoms with van der Waals surface area (Å²) >= 11 is 0. The molecule has 1 N–H and O–H groups in total. The van der Waals surface area contributed by atoms with Crippen molar-refractivity contribution >= 4 is 23.9 Å². The van der Waals surface area contributed by atoms with Crippen molar-refractivity contribution < 1.29 is 33.2 Å². The lowest BCUT2D eigenvalue weighted by molar-refractivity contribution is -0.288. The van der Waals surface area contributed by atoms with Crippen molar-refractivity contribution in [3.8, 4) is 5.75 Å². The highest BCUT2D eigenvalue weighted by Gasteiger charge is 2.47. The molecule has 34 heavy (non-hydrogen) atoms. The first-order valence-corrected chi connectivity index (χ1v) is 11.2. The molecule has 0 radical (unpaired) electrons. The molecule has 8 heteroatoms. The summed E-state index contributed by atoms with van der Waals surface area (Å²) < 4.78 is 33.3. The van der Waals surface area contributed by atoms with Crippen molar-refractivity contribution in [2.24, 2.45) is 0 Å². The molecule has 0 bridgehead atoms. The molecule has 1 saturated heterocycles. The van der Waals surface area contributed by atoms with E-state index in [1.807, 2.05) is 62.4 Å². The molecule has 0 saturated carbocycles. The number of benzene rings is 2. The number of amides is 1. The number of hydrogen-bond donors (Lipinski definition) is 1. The maximum absolute atomic E-state index is 12.5. The minimum Gasteiger partial charge on any atom is -0.494 e. The van der Waals surface area contributed by atoms with Crippen LogP contribution in [0.4, 0.5) is 10.5 Å². The zero-order valence-corrected chi connectivity index (χ0v) is 20.2. The predicted octanol–water partition coefficient (Wildman–Crippen LogP) is 4.59. The van der Waals surface area contributed by atoms with Crippen LogP contribution >= 0.6 is 0 Å². The third-order valence-electron chi connectivity index (χ3n) is 5.58. The van der Waals surface area contributed by atoms with Gasteiger partial charge in [-0.25, -0.2) is 4.79 Å². The van der Waals surface area contributed by atoms with Crippen molar-refractivity contribution in [2.45, 2.75) is 44.6 Å². The molecule has 2 aromatic rings. The fraction of sp³-hybridized carbons (Fsp3) is 0.423. The van der Waals surface area contributed by atoms with Gasteiger partial charge in [-0.05, 0) is 49.2 Å². The normalized spacial score (nSPS) is 24.7. The molecule has 0 spiro atoms. The van der Waals surface area contributed by atoms with Gasteiger partial charge in [0, 0.05) is 27.0 Å². The van der Waals surface area contributed by atoms with E-state index in [-0.39, 0.29) is 12.2 Å². The van der Waals surface area contributed by atoms with Crippen LogP contribution in [-0.4, -0.2) is 64.7 Å². The second-order valence-corrected chi connectivity index (χ2v) is 7.80. The van der Waals surface area contributed by atoms with E-state index in [1.165, 1.54) is 7.11 Å². The number of hydrogen-bond acceptors (Lipinski definition) is 7. The number of anilines is 1. The van der Waals surface area contributed by atoms with Gasteiger partial charge in [0.2, 0.25) is 6.29 Å². The third kappa shape index (κ3) is 6.57. The van der Waals surface area contributed by atoms with E-state index in [9.17, 15) is 4.79 Å². The summed E-state index contributed by atoms with van der Waals surface area (Å²) in [6.45, 7) is 4.44. The number of ether oxygens (including phenoxy) is 6. The largest absolute Gasteiger partial charge is 0.494 e. The molecular weight excluding hydrogens is 438 g/mol. The van der Waals surface area contributed by atoms with E-state index in [4.69, 9.17) is 28.4 Å². The Morgan fingerprint density at radius 1 is 0.882 bits per heavy atom. The van der Waals surface area contributed by atoms with Crippen molar-refractivity contribution in [3.63, 3.8) is 0 Å². The zero-order valence-electron chi connectivity index (χ0n) is 20.2. The molecule has 1 unspecified atom stereocenters. The van der Waals surface area contributed by atoms with Crippen LogP contribution in [0.15, 0.2) is 48.5 Å². The first-order chi connectivity index (χ1) is 16.5. The van der Waals surface area contributed by atoms with Crippen molar-refractivity contribution in [3.05, 3.63) is 59.7 Å². The highest BCUT2D eigenvalue weighted by atomic mass is 16.7. The molecule has 1 heterocycles. The van der Waals surface area contributed by atoms with E-state index >= 15 is 0 Å². The number of methoxy groups -OCH3 is 3. The van der Waals surface area contributed by atoms with Gasteiger partial charge < -0.3 is 28.4 Å². The lowest BCUT2D eigenvalue weighted by Gasteiger charge is -2.43. The van der Waals surface area contributed by atoms with Crippen LogP contribution in [-0.2, 0) is 23.7 Å². The van der Waals surface area contributed by atoms with Crippen LogP contribution in [0, 0.1) is 0 Å². The van der Waals surface area contributed by atoms with Crippen molar-refractivity contribution in [1.82, 2.24) is 0 Å². The van der Waals surface area contributed by atoms with Gasteiger partial charge >= 0.3 is 6.09 Å². The van der Waals surface area contributed by atoms with E-state index in [1.54, 1.807) is 26.4 Å². The van der Waals surface area contributed by atoms with Crippen LogP contribution in [0.1, 0.15) is 25.0 Å². The molecule has 8 nitrogen and oxygen atoms in total. The second-order valence-electron chi connectivity index (χ2n) is 7.80. The van der Waals surface area contributed by atoms with Crippen LogP contribution < -0.4 is 10.1 Å². The summed E-state index contributed by atoms with van der Waals surface area (Å²) in [6, 6.07) is 15.3. The van der Waals surface area contributed by atoms with E-state index in [2.05, 4.69) is 5.32 Å². The summed E-state index contributed by atoms with van der Waals surface area (Å²) in [5, 5.41) is 2.72. The average molecular weight is 472 g/mol. The van der Waals surface area contributed by atoms with Crippen molar-refractivity contribution in [2.75, 3.05) is 33.3 Å². The van der Waals surface area contributed by atoms with Gasteiger partial charge in [0.15, 0.2) is 0 Å². The minimum absolute atomic E-state index is 0.346. The lowest BCUT2D eigenvalue weighted by atomic mass is 9.99. The van der Waals surface area contributed by atoms with Crippen LogP contribution in [0.5, 0.6) is 5.75 Å². The minimum atomic E-state index is -0.937. The van der Waals surface area contributed by atoms with Gasteiger partial charge in [-0.1, -0.05) is 36.4 Å². The quantitative estimate of drug-likeness (QED) is 0.535. The number of carbonyl (C=O) groups excluding carboxylic acids is 1. The standard InChI is InChI=1S/C26H33NO7/c1-6-32-21-15-11-19(12-16-21)8-7-18-9-13-20(14-10-18)27-26(28)34-25-24(31-5)23(30-4)22(29-3)17(2)33-25/h7-17,22-25H,6H2,1-5H3,(H,27,28)/b8-7+/t17-,22?,23+,24+,25-/m0/s1. The van der Waals surface area contributed by atoms with Crippen LogP contribution in [0.25, 0.3) is 12.2 Å². The number of rotatable bonds is 9. The Hall–Kier alpha value is -2.91. The summed E-state index contributed by atoms with van der Waals surface area (Å²) in [4.78, 5) is 12.5. The Labute approximate surface area is 200 Å². The molecule has 1 aliphatic heterocycles. The second kappa shape index (κ2) is 12.5. The Morgan fingerprint density at radius 3 is 1.97 bits per heavy atom. The summed E-state index contributed by atoms with van der Waals surface area (Å²) in [6.07, 6.45) is 0.648. The molecule has 5 atom stereocenters. The van der Waals surface area contributed by atoms with Gasteiger partial charge in [0.25, 0.3) is 0 Å². The Balaban J connectivity index is 1.57. The number of nitrogens with one attached hydrogen (secondary N) is 1. The molecular formula is C26H33NO7. The Morgan fingerprint density at radius 2 is 1.44 bits per heavy atom. The average Bonchev–Trinajstić information content (AvgIpc) is 2.84. The molecule has 3 rings (SSSR count). The molecule has 184 valence electrons. The first kappa shape index (κ1) is 25.7. The van der Waals surface area contributed by atoms with Gasteiger partial charge in [0.05, 0.1) is 12.7 Å². The third-order valence-corrected chi connectivity index (χ3v) is 5.58. The van der Waals surface area contributed by atoms with Crippen LogP contribution in [0.3, 0.4) is 0 Å². The maximum atomic E-state index is 12.5. The zero-order chi connectivity index (χ0) is 24.5. The number of carbonyl (C=O) groups is 1. The monoisotopic (exact) mass is 471 g/mol. The fourth-order valence-electron chi connectivity index (χ4n) is 3.87. The predicted molar refractivity (Wildman–Crippen MR) is 130 cm³/mol. The van der Waals surface area contributed by atoms with Gasteiger partial charge in [-0.15, -0.1) is 0 Å². The maximum Gasteiger partial charge on any atom is 0.414 e. The molecule has 1 amide bonds. The smallest absolute Gasteiger partial charge is 0.414 e. The van der Waals surface area contributed by atoms with E-state index in [0.717, 1.165) is 16.9 Å². The Bertz CT molecular complexity index is 929. The van der Waals surface area contributed by atoms with E-state index < -0.39 is 24.6 Å². The van der Waals surface area contributed by atoms with Crippen molar-refractivity contribution in [1.29, 1.82) is 0 Å².